The van der Waals surface area contributed by atoms with Gasteiger partial charge in [-0.05, 0) is 11.6 Å². The normalized spacial score (nSPS) is 16.9. The van der Waals surface area contributed by atoms with Gasteiger partial charge in [-0.25, -0.2) is 4.79 Å². The molecule has 2 amide bonds. The van der Waals surface area contributed by atoms with Crippen molar-refractivity contribution in [3.8, 4) is 0 Å². The second kappa shape index (κ2) is 6.38. The molecular weight excluding hydrogens is 272 g/mol. The minimum atomic E-state index is -0.849. The summed E-state index contributed by atoms with van der Waals surface area (Å²) >= 11 is 1.01. The molecule has 0 bridgehead atoms. The molecule has 1 aliphatic rings. The van der Waals surface area contributed by atoms with Gasteiger partial charge in [0.15, 0.2) is 0 Å². The molecular formula is C9H14N6O3S. The second-order valence-corrected chi connectivity index (χ2v) is 4.84. The molecule has 0 saturated carbocycles. The summed E-state index contributed by atoms with van der Waals surface area (Å²) < 4.78 is 3.56. The maximum absolute atomic E-state index is 11.9. The number of urea groups is 1. The third kappa shape index (κ3) is 4.10. The molecule has 2 rings (SSSR count). The molecule has 0 unspecified atom stereocenters. The highest BCUT2D eigenvalue weighted by Crippen LogP contribution is 2.08. The van der Waals surface area contributed by atoms with Gasteiger partial charge in [0.05, 0.1) is 6.54 Å². The lowest BCUT2D eigenvalue weighted by molar-refractivity contribution is -0.138. The van der Waals surface area contributed by atoms with Gasteiger partial charge < -0.3 is 10.0 Å². The molecule has 0 aliphatic carbocycles. The topological polar surface area (TPSA) is 112 Å². The monoisotopic (exact) mass is 286 g/mol. The second-order valence-electron chi connectivity index (χ2n) is 4.11. The molecule has 9 nitrogen and oxygen atoms in total. The summed E-state index contributed by atoms with van der Waals surface area (Å²) in [7, 11) is 0. The van der Waals surface area contributed by atoms with Crippen molar-refractivity contribution in [2.75, 3.05) is 38.0 Å². The number of aliphatic carboxylic acids is 1. The summed E-state index contributed by atoms with van der Waals surface area (Å²) in [5, 5.41) is 18.8. The number of nitrogens with zero attached hydrogens (tertiary/aromatic N) is 5. The van der Waals surface area contributed by atoms with E-state index < -0.39 is 5.97 Å². The van der Waals surface area contributed by atoms with Crippen LogP contribution in [0.2, 0.25) is 0 Å². The van der Waals surface area contributed by atoms with E-state index in [0.29, 0.717) is 31.3 Å². The third-order valence-electron chi connectivity index (χ3n) is 2.75. The molecule has 1 saturated heterocycles. The van der Waals surface area contributed by atoms with Crippen molar-refractivity contribution >= 4 is 28.7 Å². The number of carboxylic acid groups (broad SMARTS) is 1. The van der Waals surface area contributed by atoms with Crippen LogP contribution >= 0.6 is 11.5 Å². The van der Waals surface area contributed by atoms with Gasteiger partial charge in [-0.1, -0.05) is 9.59 Å². The number of anilines is 1. The van der Waals surface area contributed by atoms with Crippen molar-refractivity contribution in [2.45, 2.75) is 6.42 Å². The maximum atomic E-state index is 11.9. The average molecular weight is 286 g/mol. The fraction of sp³-hybridized carbons (Fsp3) is 0.667. The first-order valence-electron chi connectivity index (χ1n) is 5.80. The minimum Gasteiger partial charge on any atom is -0.480 e. The van der Waals surface area contributed by atoms with Gasteiger partial charge in [-0.3, -0.25) is 15.0 Å². The van der Waals surface area contributed by atoms with Crippen molar-refractivity contribution in [1.82, 2.24) is 24.6 Å². The predicted octanol–water partition coefficient (Wildman–Crippen LogP) is -0.443. The van der Waals surface area contributed by atoms with E-state index in [0.717, 1.165) is 18.0 Å². The summed E-state index contributed by atoms with van der Waals surface area (Å²) in [6, 6.07) is -0.254. The molecule has 1 fully saturated rings. The molecule has 19 heavy (non-hydrogen) atoms. The number of hydrogen-bond donors (Lipinski definition) is 2. The highest BCUT2D eigenvalue weighted by Gasteiger charge is 2.20. The van der Waals surface area contributed by atoms with Gasteiger partial charge in [0.25, 0.3) is 0 Å². The lowest BCUT2D eigenvalue weighted by Crippen LogP contribution is -2.38. The van der Waals surface area contributed by atoms with Crippen LogP contribution in [0.25, 0.3) is 0 Å². The van der Waals surface area contributed by atoms with Crippen LogP contribution in [0.5, 0.6) is 0 Å². The van der Waals surface area contributed by atoms with E-state index in [4.69, 9.17) is 5.11 Å². The van der Waals surface area contributed by atoms with Crippen LogP contribution in [-0.2, 0) is 4.79 Å². The van der Waals surface area contributed by atoms with E-state index in [1.54, 1.807) is 4.90 Å². The Morgan fingerprint density at radius 3 is 2.84 bits per heavy atom. The Morgan fingerprint density at radius 1 is 1.32 bits per heavy atom. The Morgan fingerprint density at radius 2 is 2.16 bits per heavy atom. The van der Waals surface area contributed by atoms with Crippen LogP contribution in [0.4, 0.5) is 9.93 Å². The molecule has 104 valence electrons. The number of rotatable bonds is 3. The van der Waals surface area contributed by atoms with Crippen molar-refractivity contribution in [3.63, 3.8) is 0 Å². The zero-order valence-electron chi connectivity index (χ0n) is 10.2. The van der Waals surface area contributed by atoms with Crippen molar-refractivity contribution < 1.29 is 14.7 Å². The summed E-state index contributed by atoms with van der Waals surface area (Å²) in [6.07, 6.45) is 0.745. The fourth-order valence-electron chi connectivity index (χ4n) is 1.88. The van der Waals surface area contributed by atoms with Gasteiger partial charge in [-0.2, -0.15) is 0 Å². The highest BCUT2D eigenvalue weighted by atomic mass is 32.1. The van der Waals surface area contributed by atoms with Gasteiger partial charge in [-0.15, -0.1) is 0 Å². The zero-order chi connectivity index (χ0) is 13.7. The van der Waals surface area contributed by atoms with Crippen LogP contribution in [0.3, 0.4) is 0 Å². The first-order valence-corrected chi connectivity index (χ1v) is 6.57. The predicted molar refractivity (Wildman–Crippen MR) is 67.0 cm³/mol. The molecule has 1 aliphatic heterocycles. The Balaban J connectivity index is 1.84. The molecule has 1 aromatic heterocycles. The zero-order valence-corrected chi connectivity index (χ0v) is 11.0. The number of carbonyl (C=O) groups is 2. The summed E-state index contributed by atoms with van der Waals surface area (Å²) in [5.41, 5.74) is 0. The summed E-state index contributed by atoms with van der Waals surface area (Å²) in [5.74, 6) is -0.849. The summed E-state index contributed by atoms with van der Waals surface area (Å²) in [4.78, 5) is 26.1. The number of amides is 2. The van der Waals surface area contributed by atoms with Crippen LogP contribution < -0.4 is 5.32 Å². The largest absolute Gasteiger partial charge is 0.480 e. The number of aromatic nitrogens is 3. The molecule has 0 aromatic carbocycles. The van der Waals surface area contributed by atoms with Gasteiger partial charge in [0.1, 0.15) is 0 Å². The molecule has 0 atom stereocenters. The minimum absolute atomic E-state index is 0.00970. The smallest absolute Gasteiger partial charge is 0.323 e. The van der Waals surface area contributed by atoms with Crippen LogP contribution in [0, 0.1) is 0 Å². The lowest BCUT2D eigenvalue weighted by Gasteiger charge is -2.20. The van der Waals surface area contributed by atoms with E-state index >= 15 is 0 Å². The molecule has 2 heterocycles. The van der Waals surface area contributed by atoms with Gasteiger partial charge >= 0.3 is 12.0 Å². The maximum Gasteiger partial charge on any atom is 0.323 e. The molecule has 2 N–H and O–H groups in total. The SMILES string of the molecule is O=C(O)CN1CCCN(C(=O)Nc2nnns2)CC1. The average Bonchev–Trinajstić information content (AvgIpc) is 2.74. The first-order chi connectivity index (χ1) is 9.15. The van der Waals surface area contributed by atoms with Crippen molar-refractivity contribution in [1.29, 1.82) is 0 Å². The molecule has 0 radical (unpaired) electrons. The summed E-state index contributed by atoms with van der Waals surface area (Å²) in [6.45, 7) is 2.32. The highest BCUT2D eigenvalue weighted by molar-refractivity contribution is 7.09. The van der Waals surface area contributed by atoms with E-state index in [9.17, 15) is 9.59 Å². The van der Waals surface area contributed by atoms with Crippen molar-refractivity contribution in [2.24, 2.45) is 0 Å². The van der Waals surface area contributed by atoms with Crippen LogP contribution in [0.1, 0.15) is 6.42 Å². The Bertz CT molecular complexity index is 439. The fourth-order valence-corrected chi connectivity index (χ4v) is 2.23. The van der Waals surface area contributed by atoms with Crippen molar-refractivity contribution in [3.05, 3.63) is 0 Å². The first kappa shape index (κ1) is 13.6. The van der Waals surface area contributed by atoms with Crippen LogP contribution in [0.15, 0.2) is 0 Å². The van der Waals surface area contributed by atoms with Gasteiger partial charge in [0, 0.05) is 37.7 Å². The van der Waals surface area contributed by atoms with E-state index in [1.807, 2.05) is 4.90 Å². The Labute approximate surface area is 113 Å². The lowest BCUT2D eigenvalue weighted by atomic mass is 10.4. The molecule has 0 spiro atoms. The Hall–Kier alpha value is -1.81. The van der Waals surface area contributed by atoms with Crippen LogP contribution in [-0.4, -0.2) is 74.4 Å². The number of nitrogens with one attached hydrogen (secondary N) is 1. The third-order valence-corrected chi connectivity index (χ3v) is 3.26. The quantitative estimate of drug-likeness (QED) is 0.774. The standard InChI is InChI=1S/C9H14N6O3S/c16-7(17)6-14-2-1-3-15(5-4-14)9(18)10-8-11-12-13-19-8/h1-6H2,(H,16,17)(H,10,11,13,18). The number of hydrogen-bond acceptors (Lipinski definition) is 7. The molecule has 1 aromatic rings. The van der Waals surface area contributed by atoms with E-state index in [-0.39, 0.29) is 12.6 Å². The number of carbonyl (C=O) groups excluding carboxylic acids is 1. The number of carboxylic acids is 1. The Kier molecular flexibility index (Phi) is 4.58. The van der Waals surface area contributed by atoms with Gasteiger partial charge in [0.2, 0.25) is 5.13 Å². The molecule has 10 heteroatoms. The van der Waals surface area contributed by atoms with E-state index in [1.165, 1.54) is 0 Å². The van der Waals surface area contributed by atoms with E-state index in [2.05, 4.69) is 20.1 Å².